The van der Waals surface area contributed by atoms with E-state index in [1.54, 1.807) is 0 Å². The number of halogens is 1. The van der Waals surface area contributed by atoms with Crippen LogP contribution in [0.25, 0.3) is 0 Å². The van der Waals surface area contributed by atoms with Crippen molar-refractivity contribution in [1.29, 1.82) is 0 Å². The van der Waals surface area contributed by atoms with Gasteiger partial charge in [0.15, 0.2) is 0 Å². The molecular weight excluding hydrogens is 248 g/mol. The molecule has 1 atom stereocenters. The highest BCUT2D eigenvalue weighted by molar-refractivity contribution is 5.85. The normalized spacial score (nSPS) is 17.6. The van der Waals surface area contributed by atoms with Gasteiger partial charge in [-0.15, -0.1) is 12.4 Å². The van der Waals surface area contributed by atoms with Gasteiger partial charge in [-0.2, -0.15) is 0 Å². The summed E-state index contributed by atoms with van der Waals surface area (Å²) in [5.41, 5.74) is 2.84. The maximum absolute atomic E-state index is 11.8. The monoisotopic (exact) mass is 268 g/mol. The Hall–Kier alpha value is -1.06. The quantitative estimate of drug-likeness (QED) is 0.904. The van der Waals surface area contributed by atoms with Crippen LogP contribution in [-0.4, -0.2) is 37.5 Å². The molecule has 1 amide bonds. The number of nitrogens with one attached hydrogen (secondary N) is 1. The Kier molecular flexibility index (Phi) is 5.63. The van der Waals surface area contributed by atoms with Crippen molar-refractivity contribution >= 4 is 18.3 Å². The van der Waals surface area contributed by atoms with E-state index < -0.39 is 0 Å². The molecule has 18 heavy (non-hydrogen) atoms. The summed E-state index contributed by atoms with van der Waals surface area (Å²) in [6, 6.07) is 8.90. The van der Waals surface area contributed by atoms with Crippen molar-refractivity contribution in [3.63, 3.8) is 0 Å². The number of rotatable bonds is 3. The molecular formula is C14H21ClN2O. The van der Waals surface area contributed by atoms with Crippen LogP contribution in [0.4, 0.5) is 0 Å². The molecule has 0 aromatic heterocycles. The van der Waals surface area contributed by atoms with E-state index in [0.717, 1.165) is 19.3 Å². The molecule has 0 aliphatic heterocycles. The van der Waals surface area contributed by atoms with E-state index in [2.05, 4.69) is 29.6 Å². The number of hydrogen-bond acceptors (Lipinski definition) is 2. The van der Waals surface area contributed by atoms with Gasteiger partial charge in [-0.3, -0.25) is 4.79 Å². The lowest BCUT2D eigenvalue weighted by molar-refractivity contribution is -0.131. The number of carbonyl (C=O) groups is 1. The first-order valence-corrected chi connectivity index (χ1v) is 6.19. The number of likely N-dealkylation sites (N-methyl/N-ethyl adjacent to an activating group) is 2. The summed E-state index contributed by atoms with van der Waals surface area (Å²) in [5.74, 6) is 0.178. The maximum atomic E-state index is 11.8. The fraction of sp³-hybridized carbons (Fsp3) is 0.500. The van der Waals surface area contributed by atoms with E-state index in [4.69, 9.17) is 0 Å². The second kappa shape index (κ2) is 6.76. The Morgan fingerprint density at radius 3 is 2.72 bits per heavy atom. The van der Waals surface area contributed by atoms with E-state index in [1.165, 1.54) is 11.1 Å². The van der Waals surface area contributed by atoms with Gasteiger partial charge >= 0.3 is 0 Å². The van der Waals surface area contributed by atoms with Gasteiger partial charge in [0.25, 0.3) is 0 Å². The summed E-state index contributed by atoms with van der Waals surface area (Å²) in [4.78, 5) is 13.7. The molecule has 3 nitrogen and oxygen atoms in total. The van der Waals surface area contributed by atoms with Gasteiger partial charge in [0.1, 0.15) is 0 Å². The first kappa shape index (κ1) is 15.0. The zero-order valence-electron chi connectivity index (χ0n) is 11.0. The standard InChI is InChI=1S/C14H20N2O.ClH/c1-15-10-14(17)16(2)13-8-7-11-5-3-4-6-12(11)9-13;/h3-6,13,15H,7-10H2,1-2H3;1H. The minimum absolute atomic E-state index is 0. The predicted octanol–water partition coefficient (Wildman–Crippen LogP) is 1.64. The molecule has 0 saturated carbocycles. The molecule has 1 unspecified atom stereocenters. The molecule has 100 valence electrons. The number of benzene rings is 1. The summed E-state index contributed by atoms with van der Waals surface area (Å²) in [6.07, 6.45) is 3.14. The van der Waals surface area contributed by atoms with Gasteiger partial charge in [-0.05, 0) is 37.4 Å². The largest absolute Gasteiger partial charge is 0.341 e. The molecule has 1 N–H and O–H groups in total. The molecule has 0 fully saturated rings. The fourth-order valence-electron chi connectivity index (χ4n) is 2.49. The van der Waals surface area contributed by atoms with E-state index in [1.807, 2.05) is 19.0 Å². The van der Waals surface area contributed by atoms with Crippen LogP contribution in [0, 0.1) is 0 Å². The topological polar surface area (TPSA) is 32.3 Å². The second-order valence-corrected chi connectivity index (χ2v) is 4.70. The summed E-state index contributed by atoms with van der Waals surface area (Å²) in [6.45, 7) is 0.425. The van der Waals surface area contributed by atoms with Gasteiger partial charge in [-0.25, -0.2) is 0 Å². The number of carbonyl (C=O) groups excluding carboxylic acids is 1. The van der Waals surface area contributed by atoms with Crippen LogP contribution in [0.3, 0.4) is 0 Å². The Labute approximate surface area is 115 Å². The molecule has 0 heterocycles. The summed E-state index contributed by atoms with van der Waals surface area (Å²) in [5, 5.41) is 2.92. The number of fused-ring (bicyclic) bond motifs is 1. The predicted molar refractivity (Wildman–Crippen MR) is 76.2 cm³/mol. The molecule has 0 spiro atoms. The number of nitrogens with zero attached hydrogens (tertiary/aromatic N) is 1. The Bertz CT molecular complexity index is 409. The number of aryl methyl sites for hydroxylation is 1. The first-order valence-electron chi connectivity index (χ1n) is 6.19. The van der Waals surface area contributed by atoms with Crippen LogP contribution in [0.5, 0.6) is 0 Å². The third kappa shape index (κ3) is 3.24. The third-order valence-electron chi connectivity index (χ3n) is 3.59. The minimum Gasteiger partial charge on any atom is -0.341 e. The second-order valence-electron chi connectivity index (χ2n) is 4.70. The van der Waals surface area contributed by atoms with E-state index in [0.29, 0.717) is 12.6 Å². The summed E-state index contributed by atoms with van der Waals surface area (Å²) < 4.78 is 0. The average molecular weight is 269 g/mol. The Morgan fingerprint density at radius 1 is 1.39 bits per heavy atom. The van der Waals surface area contributed by atoms with Gasteiger partial charge < -0.3 is 10.2 Å². The fourth-order valence-corrected chi connectivity index (χ4v) is 2.49. The van der Waals surface area contributed by atoms with Crippen LogP contribution >= 0.6 is 12.4 Å². The molecule has 1 aliphatic carbocycles. The lowest BCUT2D eigenvalue weighted by atomic mass is 9.87. The van der Waals surface area contributed by atoms with Crippen molar-refractivity contribution in [2.45, 2.75) is 25.3 Å². The van der Waals surface area contributed by atoms with Gasteiger partial charge in [0.05, 0.1) is 6.54 Å². The first-order chi connectivity index (χ1) is 8.22. The highest BCUT2D eigenvalue weighted by Crippen LogP contribution is 2.23. The van der Waals surface area contributed by atoms with Crippen molar-refractivity contribution in [3.8, 4) is 0 Å². The zero-order chi connectivity index (χ0) is 12.3. The SMILES string of the molecule is CNCC(=O)N(C)C1CCc2ccccc2C1.Cl. The lowest BCUT2D eigenvalue weighted by Gasteiger charge is -2.32. The van der Waals surface area contributed by atoms with Crippen molar-refractivity contribution in [1.82, 2.24) is 10.2 Å². The number of amides is 1. The van der Waals surface area contributed by atoms with Crippen LogP contribution < -0.4 is 5.32 Å². The van der Waals surface area contributed by atoms with Crippen LogP contribution in [0.15, 0.2) is 24.3 Å². The van der Waals surface area contributed by atoms with Crippen LogP contribution in [-0.2, 0) is 17.6 Å². The van der Waals surface area contributed by atoms with E-state index in [9.17, 15) is 4.79 Å². The maximum Gasteiger partial charge on any atom is 0.236 e. The highest BCUT2D eigenvalue weighted by atomic mass is 35.5. The third-order valence-corrected chi connectivity index (χ3v) is 3.59. The molecule has 0 bridgehead atoms. The van der Waals surface area contributed by atoms with Crippen molar-refractivity contribution in [2.24, 2.45) is 0 Å². The van der Waals surface area contributed by atoms with E-state index in [-0.39, 0.29) is 18.3 Å². The average Bonchev–Trinajstić information content (AvgIpc) is 2.37. The van der Waals surface area contributed by atoms with E-state index >= 15 is 0 Å². The lowest BCUT2D eigenvalue weighted by Crippen LogP contribution is -2.43. The molecule has 2 rings (SSSR count). The van der Waals surface area contributed by atoms with Crippen molar-refractivity contribution < 1.29 is 4.79 Å². The van der Waals surface area contributed by atoms with Crippen molar-refractivity contribution in [2.75, 3.05) is 20.6 Å². The molecule has 0 radical (unpaired) electrons. The minimum atomic E-state index is 0. The molecule has 4 heteroatoms. The summed E-state index contributed by atoms with van der Waals surface area (Å²) >= 11 is 0. The van der Waals surface area contributed by atoms with Crippen LogP contribution in [0.1, 0.15) is 17.5 Å². The van der Waals surface area contributed by atoms with Gasteiger partial charge in [0.2, 0.25) is 5.91 Å². The van der Waals surface area contributed by atoms with Gasteiger partial charge in [0, 0.05) is 13.1 Å². The molecule has 1 aromatic carbocycles. The highest BCUT2D eigenvalue weighted by Gasteiger charge is 2.24. The molecule has 1 aliphatic rings. The van der Waals surface area contributed by atoms with Gasteiger partial charge in [-0.1, -0.05) is 24.3 Å². The zero-order valence-corrected chi connectivity index (χ0v) is 11.8. The van der Waals surface area contributed by atoms with Crippen molar-refractivity contribution in [3.05, 3.63) is 35.4 Å². The molecule has 1 aromatic rings. The van der Waals surface area contributed by atoms with Crippen LogP contribution in [0.2, 0.25) is 0 Å². The number of hydrogen-bond donors (Lipinski definition) is 1. The summed E-state index contributed by atoms with van der Waals surface area (Å²) in [7, 11) is 3.72. The Morgan fingerprint density at radius 2 is 2.06 bits per heavy atom. The smallest absolute Gasteiger partial charge is 0.236 e. The Balaban J connectivity index is 0.00000162. The molecule has 0 saturated heterocycles.